The van der Waals surface area contributed by atoms with Crippen molar-refractivity contribution >= 4 is 5.71 Å². The zero-order valence-corrected chi connectivity index (χ0v) is 9.85. The van der Waals surface area contributed by atoms with Crippen molar-refractivity contribution < 1.29 is 19.1 Å². The van der Waals surface area contributed by atoms with Crippen LogP contribution in [0.3, 0.4) is 0 Å². The second-order valence-corrected chi connectivity index (χ2v) is 3.93. The van der Waals surface area contributed by atoms with E-state index >= 15 is 0 Å². The minimum absolute atomic E-state index is 0.100. The van der Waals surface area contributed by atoms with Crippen LogP contribution >= 0.6 is 0 Å². The van der Waals surface area contributed by atoms with Crippen molar-refractivity contribution in [2.24, 2.45) is 5.16 Å². The van der Waals surface area contributed by atoms with Crippen molar-refractivity contribution in [2.45, 2.75) is 6.61 Å². The third kappa shape index (κ3) is 2.77. The average Bonchev–Trinajstić information content (AvgIpc) is 2.44. The molecule has 19 heavy (non-hydrogen) atoms. The van der Waals surface area contributed by atoms with Gasteiger partial charge >= 0.3 is 0 Å². The molecule has 0 fully saturated rings. The first-order chi connectivity index (χ1) is 9.15. The van der Waals surface area contributed by atoms with Gasteiger partial charge in [0.1, 0.15) is 5.71 Å². The fourth-order valence-corrected chi connectivity index (χ4v) is 1.69. The third-order valence-electron chi connectivity index (χ3n) is 2.70. The number of aliphatic hydroxyl groups excluding tert-OH is 1. The number of benzene rings is 2. The highest BCUT2D eigenvalue weighted by molar-refractivity contribution is 6.12. The average molecular weight is 263 g/mol. The van der Waals surface area contributed by atoms with Gasteiger partial charge in [0.2, 0.25) is 0 Å². The Morgan fingerprint density at radius 2 is 1.58 bits per heavy atom. The summed E-state index contributed by atoms with van der Waals surface area (Å²) in [6.07, 6.45) is 0. The minimum atomic E-state index is -1.01. The van der Waals surface area contributed by atoms with Crippen LogP contribution in [0.1, 0.15) is 16.7 Å². The van der Waals surface area contributed by atoms with E-state index < -0.39 is 11.6 Å². The van der Waals surface area contributed by atoms with Crippen molar-refractivity contribution in [1.29, 1.82) is 0 Å². The van der Waals surface area contributed by atoms with E-state index in [9.17, 15) is 8.78 Å². The molecule has 3 nitrogen and oxygen atoms in total. The van der Waals surface area contributed by atoms with E-state index in [1.54, 1.807) is 24.3 Å². The zero-order valence-electron chi connectivity index (χ0n) is 9.85. The molecule has 2 N–H and O–H groups in total. The molecule has 0 saturated heterocycles. The van der Waals surface area contributed by atoms with Gasteiger partial charge in [-0.05, 0) is 23.8 Å². The monoisotopic (exact) mass is 263 g/mol. The quantitative estimate of drug-likeness (QED) is 0.508. The number of aliphatic hydroxyl groups is 1. The van der Waals surface area contributed by atoms with Crippen LogP contribution in [0, 0.1) is 11.6 Å². The predicted octanol–water partition coefficient (Wildman–Crippen LogP) is 2.68. The van der Waals surface area contributed by atoms with Crippen LogP contribution in [0.25, 0.3) is 0 Å². The summed E-state index contributed by atoms with van der Waals surface area (Å²) in [5.74, 6) is -1.97. The molecule has 0 heterocycles. The first-order valence-corrected chi connectivity index (χ1v) is 5.53. The van der Waals surface area contributed by atoms with Crippen LogP contribution in [-0.4, -0.2) is 16.0 Å². The first kappa shape index (κ1) is 13.2. The van der Waals surface area contributed by atoms with Gasteiger partial charge in [-0.2, -0.15) is 0 Å². The molecule has 0 radical (unpaired) electrons. The van der Waals surface area contributed by atoms with Gasteiger partial charge in [0.25, 0.3) is 0 Å². The van der Waals surface area contributed by atoms with Crippen molar-refractivity contribution in [3.8, 4) is 0 Å². The van der Waals surface area contributed by atoms with Crippen LogP contribution in [-0.2, 0) is 6.61 Å². The van der Waals surface area contributed by atoms with E-state index in [0.29, 0.717) is 11.1 Å². The summed E-state index contributed by atoms with van der Waals surface area (Å²) in [7, 11) is 0. The maximum Gasteiger partial charge on any atom is 0.159 e. The van der Waals surface area contributed by atoms with E-state index in [0.717, 1.165) is 12.1 Å². The Bertz CT molecular complexity index is 609. The Labute approximate surface area is 108 Å². The normalized spacial score (nSPS) is 11.6. The number of halogens is 2. The summed E-state index contributed by atoms with van der Waals surface area (Å²) < 4.78 is 26.0. The Hall–Kier alpha value is -2.27. The molecule has 2 aromatic carbocycles. The molecular formula is C14H11F2NO2. The lowest BCUT2D eigenvalue weighted by molar-refractivity contribution is 0.282. The lowest BCUT2D eigenvalue weighted by Gasteiger charge is -2.06. The standard InChI is InChI=1S/C14H11F2NO2/c15-12-6-5-11(7-13(12)16)14(17-19)10-3-1-9(8-18)2-4-10/h1-7,18-19H,8H2/b17-14+. The molecule has 0 bridgehead atoms. The molecule has 0 unspecified atom stereocenters. The van der Waals surface area contributed by atoms with E-state index in [4.69, 9.17) is 10.3 Å². The number of oxime groups is 1. The van der Waals surface area contributed by atoms with Crippen LogP contribution in [0.4, 0.5) is 8.78 Å². The predicted molar refractivity (Wildman–Crippen MR) is 66.1 cm³/mol. The molecule has 0 aliphatic carbocycles. The first-order valence-electron chi connectivity index (χ1n) is 5.53. The SMILES string of the molecule is OCc1ccc(/C(=N\O)c2ccc(F)c(F)c2)cc1. The number of rotatable bonds is 3. The van der Waals surface area contributed by atoms with Gasteiger partial charge in [-0.15, -0.1) is 0 Å². The van der Waals surface area contributed by atoms with Crippen molar-refractivity contribution in [3.63, 3.8) is 0 Å². The highest BCUT2D eigenvalue weighted by Gasteiger charge is 2.11. The van der Waals surface area contributed by atoms with Gasteiger partial charge in [0.05, 0.1) is 6.61 Å². The molecule has 5 heteroatoms. The molecule has 0 aromatic heterocycles. The zero-order chi connectivity index (χ0) is 13.8. The fourth-order valence-electron chi connectivity index (χ4n) is 1.69. The Morgan fingerprint density at radius 1 is 0.947 bits per heavy atom. The topological polar surface area (TPSA) is 52.8 Å². The third-order valence-corrected chi connectivity index (χ3v) is 2.70. The van der Waals surface area contributed by atoms with Crippen LogP contribution in [0.15, 0.2) is 47.6 Å². The van der Waals surface area contributed by atoms with Crippen LogP contribution in [0.2, 0.25) is 0 Å². The summed E-state index contributed by atoms with van der Waals surface area (Å²) >= 11 is 0. The minimum Gasteiger partial charge on any atom is -0.410 e. The van der Waals surface area contributed by atoms with E-state index in [1.807, 2.05) is 0 Å². The second-order valence-electron chi connectivity index (χ2n) is 3.93. The molecule has 2 rings (SSSR count). The van der Waals surface area contributed by atoms with Crippen LogP contribution in [0.5, 0.6) is 0 Å². The molecule has 0 aliphatic heterocycles. The van der Waals surface area contributed by atoms with Gasteiger partial charge in [-0.3, -0.25) is 0 Å². The Morgan fingerprint density at radius 3 is 2.11 bits per heavy atom. The molecule has 0 saturated carbocycles. The smallest absolute Gasteiger partial charge is 0.159 e. The van der Waals surface area contributed by atoms with E-state index in [2.05, 4.69) is 5.16 Å². The van der Waals surface area contributed by atoms with E-state index in [-0.39, 0.29) is 17.9 Å². The van der Waals surface area contributed by atoms with Gasteiger partial charge in [-0.1, -0.05) is 29.4 Å². The van der Waals surface area contributed by atoms with Gasteiger partial charge in [0, 0.05) is 11.1 Å². The van der Waals surface area contributed by atoms with E-state index in [1.165, 1.54) is 6.07 Å². The van der Waals surface area contributed by atoms with Crippen molar-refractivity contribution in [1.82, 2.24) is 0 Å². The second kappa shape index (κ2) is 5.58. The molecule has 2 aromatic rings. The summed E-state index contributed by atoms with van der Waals surface area (Å²) in [6, 6.07) is 9.82. The maximum absolute atomic E-state index is 13.2. The maximum atomic E-state index is 13.2. The Kier molecular flexibility index (Phi) is 3.87. The number of hydrogen-bond acceptors (Lipinski definition) is 3. The summed E-state index contributed by atoms with van der Waals surface area (Å²) in [6.45, 7) is -0.100. The van der Waals surface area contributed by atoms with Gasteiger partial charge < -0.3 is 10.3 Å². The molecule has 0 aliphatic rings. The largest absolute Gasteiger partial charge is 0.410 e. The lowest BCUT2D eigenvalue weighted by Crippen LogP contribution is -2.04. The highest BCUT2D eigenvalue weighted by atomic mass is 19.2. The highest BCUT2D eigenvalue weighted by Crippen LogP contribution is 2.15. The summed E-state index contributed by atoms with van der Waals surface area (Å²) in [5.41, 5.74) is 1.62. The Balaban J connectivity index is 2.41. The number of hydrogen-bond donors (Lipinski definition) is 2. The van der Waals surface area contributed by atoms with Crippen LogP contribution < -0.4 is 0 Å². The molecule has 0 atom stereocenters. The fraction of sp³-hybridized carbons (Fsp3) is 0.0714. The molecule has 98 valence electrons. The van der Waals surface area contributed by atoms with Crippen molar-refractivity contribution in [2.75, 3.05) is 0 Å². The molecule has 0 amide bonds. The van der Waals surface area contributed by atoms with Gasteiger partial charge in [-0.25, -0.2) is 8.78 Å². The summed E-state index contributed by atoms with van der Waals surface area (Å²) in [4.78, 5) is 0. The molecule has 0 spiro atoms. The number of nitrogens with zero attached hydrogens (tertiary/aromatic N) is 1. The van der Waals surface area contributed by atoms with Crippen molar-refractivity contribution in [3.05, 3.63) is 70.8 Å². The van der Waals surface area contributed by atoms with Gasteiger partial charge in [0.15, 0.2) is 11.6 Å². The molecular weight excluding hydrogens is 252 g/mol. The summed E-state index contributed by atoms with van der Waals surface area (Å²) in [5, 5.41) is 21.1. The lowest BCUT2D eigenvalue weighted by atomic mass is 10.0.